The second-order valence-corrected chi connectivity index (χ2v) is 9.91. The van der Waals surface area contributed by atoms with E-state index >= 15 is 0 Å². The van der Waals surface area contributed by atoms with Crippen molar-refractivity contribution in [2.75, 3.05) is 48.1 Å². The van der Waals surface area contributed by atoms with Crippen molar-refractivity contribution in [1.82, 2.24) is 15.3 Å². The monoisotopic (exact) mass is 482 g/mol. The number of aromatic nitrogens is 2. The lowest BCUT2D eigenvalue weighted by Gasteiger charge is -2.33. The first kappa shape index (κ1) is 23.0. The summed E-state index contributed by atoms with van der Waals surface area (Å²) in [6.45, 7) is 7.31. The van der Waals surface area contributed by atoms with Gasteiger partial charge in [0, 0.05) is 38.8 Å². The molecule has 0 amide bonds. The standard InChI is InChI=1S/C25H34N6O2S/c1-18-7-6-12-31(16-18)23-14-22(30-10-4-2-3-5-11-30)27-24(28-23)29-25(34)26-15-19-8-9-20-21(13-19)33-17-32-20/h8-9,13-14,18H,2-7,10-12,15-17H2,1H3,(H2,26,27,28,29,34). The lowest BCUT2D eigenvalue weighted by Crippen LogP contribution is -2.36. The van der Waals surface area contributed by atoms with Crippen molar-refractivity contribution in [3.63, 3.8) is 0 Å². The number of thiocarbonyl (C=S) groups is 1. The van der Waals surface area contributed by atoms with Crippen molar-refractivity contribution in [3.05, 3.63) is 29.8 Å². The molecule has 34 heavy (non-hydrogen) atoms. The molecule has 0 radical (unpaired) electrons. The van der Waals surface area contributed by atoms with Gasteiger partial charge >= 0.3 is 0 Å². The molecule has 8 nitrogen and oxygen atoms in total. The molecule has 1 unspecified atom stereocenters. The van der Waals surface area contributed by atoms with Gasteiger partial charge in [-0.2, -0.15) is 9.97 Å². The summed E-state index contributed by atoms with van der Waals surface area (Å²) in [6.07, 6.45) is 7.47. The zero-order valence-corrected chi connectivity index (χ0v) is 20.7. The predicted molar refractivity (Wildman–Crippen MR) is 139 cm³/mol. The minimum atomic E-state index is 0.273. The average Bonchev–Trinajstić information content (AvgIpc) is 3.14. The number of hydrogen-bond donors (Lipinski definition) is 2. The van der Waals surface area contributed by atoms with E-state index in [1.807, 2.05) is 18.2 Å². The van der Waals surface area contributed by atoms with Gasteiger partial charge in [-0.1, -0.05) is 25.8 Å². The van der Waals surface area contributed by atoms with Crippen molar-refractivity contribution in [2.24, 2.45) is 5.92 Å². The molecule has 1 aromatic heterocycles. The molecular weight excluding hydrogens is 448 g/mol. The van der Waals surface area contributed by atoms with E-state index in [0.29, 0.717) is 23.5 Å². The van der Waals surface area contributed by atoms with Gasteiger partial charge < -0.3 is 29.9 Å². The van der Waals surface area contributed by atoms with Crippen LogP contribution in [0.3, 0.4) is 0 Å². The Morgan fingerprint density at radius 2 is 1.71 bits per heavy atom. The van der Waals surface area contributed by atoms with Crippen molar-refractivity contribution < 1.29 is 9.47 Å². The molecule has 1 atom stereocenters. The summed E-state index contributed by atoms with van der Waals surface area (Å²) in [5.74, 6) is 4.76. The Labute approximate surface area is 207 Å². The fraction of sp³-hybridized carbons (Fsp3) is 0.560. The van der Waals surface area contributed by atoms with Crippen LogP contribution in [-0.4, -0.2) is 48.1 Å². The summed E-state index contributed by atoms with van der Waals surface area (Å²) in [5, 5.41) is 7.01. The smallest absolute Gasteiger partial charge is 0.232 e. The Morgan fingerprint density at radius 3 is 2.50 bits per heavy atom. The van der Waals surface area contributed by atoms with E-state index in [4.69, 9.17) is 31.7 Å². The number of fused-ring (bicyclic) bond motifs is 1. The third-order valence-corrected chi connectivity index (χ3v) is 6.97. The van der Waals surface area contributed by atoms with Gasteiger partial charge in [-0.15, -0.1) is 0 Å². The molecule has 3 aliphatic rings. The molecule has 2 N–H and O–H groups in total. The molecule has 2 fully saturated rings. The quantitative estimate of drug-likeness (QED) is 0.607. The highest BCUT2D eigenvalue weighted by molar-refractivity contribution is 7.80. The van der Waals surface area contributed by atoms with Crippen LogP contribution < -0.4 is 29.9 Å². The first-order valence-electron chi connectivity index (χ1n) is 12.5. The highest BCUT2D eigenvalue weighted by atomic mass is 32.1. The maximum atomic E-state index is 5.59. The second kappa shape index (κ2) is 10.6. The summed E-state index contributed by atoms with van der Waals surface area (Å²) in [6, 6.07) is 8.08. The highest BCUT2D eigenvalue weighted by Gasteiger charge is 2.21. The van der Waals surface area contributed by atoms with Crippen molar-refractivity contribution >= 4 is 34.9 Å². The number of rotatable bonds is 5. The van der Waals surface area contributed by atoms with Crippen molar-refractivity contribution in [2.45, 2.75) is 52.0 Å². The lowest BCUT2D eigenvalue weighted by atomic mass is 10.0. The van der Waals surface area contributed by atoms with Gasteiger partial charge in [0.15, 0.2) is 16.6 Å². The minimum Gasteiger partial charge on any atom is -0.454 e. The molecule has 2 aromatic rings. The molecule has 3 aliphatic heterocycles. The third-order valence-electron chi connectivity index (χ3n) is 6.73. The number of nitrogens with zero attached hydrogens (tertiary/aromatic N) is 4. The number of ether oxygens (including phenoxy) is 2. The first-order chi connectivity index (χ1) is 16.6. The van der Waals surface area contributed by atoms with Crippen LogP contribution in [0.2, 0.25) is 0 Å². The summed E-state index contributed by atoms with van der Waals surface area (Å²) < 4.78 is 10.9. The number of nitrogens with one attached hydrogen (secondary N) is 2. The van der Waals surface area contributed by atoms with Crippen LogP contribution in [0.15, 0.2) is 24.3 Å². The van der Waals surface area contributed by atoms with Gasteiger partial charge in [-0.05, 0) is 61.5 Å². The van der Waals surface area contributed by atoms with E-state index in [9.17, 15) is 0 Å². The fourth-order valence-corrected chi connectivity index (χ4v) is 5.04. The molecule has 0 aliphatic carbocycles. The van der Waals surface area contributed by atoms with Gasteiger partial charge in [0.05, 0.1) is 0 Å². The SMILES string of the molecule is CC1CCCN(c2cc(N3CCCCCC3)nc(NC(=S)NCc3ccc4c(c3)OCO4)n2)C1. The van der Waals surface area contributed by atoms with Crippen LogP contribution in [0.1, 0.15) is 51.0 Å². The molecule has 5 rings (SSSR count). The van der Waals surface area contributed by atoms with Crippen LogP contribution in [-0.2, 0) is 6.54 Å². The van der Waals surface area contributed by atoms with Crippen LogP contribution in [0.25, 0.3) is 0 Å². The summed E-state index contributed by atoms with van der Waals surface area (Å²) >= 11 is 5.59. The largest absolute Gasteiger partial charge is 0.454 e. The van der Waals surface area contributed by atoms with Gasteiger partial charge in [0.2, 0.25) is 12.7 Å². The molecule has 4 heterocycles. The van der Waals surface area contributed by atoms with Crippen LogP contribution in [0.5, 0.6) is 11.5 Å². The number of anilines is 3. The summed E-state index contributed by atoms with van der Waals surface area (Å²) in [5.41, 5.74) is 1.07. The minimum absolute atomic E-state index is 0.273. The zero-order valence-electron chi connectivity index (χ0n) is 19.9. The number of hydrogen-bond acceptors (Lipinski definition) is 7. The molecule has 182 valence electrons. The molecular formula is C25H34N6O2S. The van der Waals surface area contributed by atoms with Gasteiger partial charge in [0.25, 0.3) is 0 Å². The van der Waals surface area contributed by atoms with Crippen molar-refractivity contribution in [3.8, 4) is 11.5 Å². The van der Waals surface area contributed by atoms with Gasteiger partial charge in [-0.25, -0.2) is 0 Å². The molecule has 9 heteroatoms. The maximum absolute atomic E-state index is 5.59. The maximum Gasteiger partial charge on any atom is 0.232 e. The van der Waals surface area contributed by atoms with E-state index < -0.39 is 0 Å². The second-order valence-electron chi connectivity index (χ2n) is 9.50. The Bertz CT molecular complexity index is 991. The van der Waals surface area contributed by atoms with Crippen LogP contribution in [0.4, 0.5) is 17.6 Å². The predicted octanol–water partition coefficient (Wildman–Crippen LogP) is 4.31. The average molecular weight is 483 g/mol. The summed E-state index contributed by atoms with van der Waals surface area (Å²) in [4.78, 5) is 14.5. The van der Waals surface area contributed by atoms with E-state index in [-0.39, 0.29) is 6.79 Å². The van der Waals surface area contributed by atoms with E-state index in [2.05, 4.69) is 33.4 Å². The molecule has 2 saturated heterocycles. The van der Waals surface area contributed by atoms with Crippen LogP contribution in [0, 0.1) is 5.92 Å². The van der Waals surface area contributed by atoms with Gasteiger partial charge in [-0.3, -0.25) is 0 Å². The number of benzene rings is 1. The number of piperidine rings is 1. The first-order valence-corrected chi connectivity index (χ1v) is 12.9. The highest BCUT2D eigenvalue weighted by Crippen LogP contribution is 2.32. The molecule has 0 saturated carbocycles. The molecule has 0 bridgehead atoms. The topological polar surface area (TPSA) is 74.8 Å². The van der Waals surface area contributed by atoms with Crippen LogP contribution >= 0.6 is 12.2 Å². The normalized spacial score (nSPS) is 20.1. The Morgan fingerprint density at radius 1 is 0.971 bits per heavy atom. The van der Waals surface area contributed by atoms with E-state index in [1.165, 1.54) is 38.5 Å². The third kappa shape index (κ3) is 5.63. The summed E-state index contributed by atoms with van der Waals surface area (Å²) in [7, 11) is 0. The van der Waals surface area contributed by atoms with Gasteiger partial charge in [0.1, 0.15) is 11.6 Å². The lowest BCUT2D eigenvalue weighted by molar-refractivity contribution is 0.174. The molecule has 1 aromatic carbocycles. The van der Waals surface area contributed by atoms with E-state index in [0.717, 1.165) is 54.9 Å². The van der Waals surface area contributed by atoms with Crippen molar-refractivity contribution in [1.29, 1.82) is 0 Å². The molecule has 0 spiro atoms. The Balaban J connectivity index is 1.30. The Kier molecular flexibility index (Phi) is 7.18. The Hall–Kier alpha value is -2.81. The fourth-order valence-electron chi connectivity index (χ4n) is 4.88. The zero-order chi connectivity index (χ0) is 23.3. The van der Waals surface area contributed by atoms with E-state index in [1.54, 1.807) is 0 Å².